The fourth-order valence-corrected chi connectivity index (χ4v) is 5.64. The highest BCUT2D eigenvalue weighted by molar-refractivity contribution is 7.09. The molecule has 0 unspecified atom stereocenters. The van der Waals surface area contributed by atoms with Gasteiger partial charge >= 0.3 is 11.9 Å². The molecule has 0 aliphatic carbocycles. The van der Waals surface area contributed by atoms with Gasteiger partial charge in [-0.1, -0.05) is 64.4 Å². The largest absolute Gasteiger partial charge is 0.469 e. The van der Waals surface area contributed by atoms with Crippen molar-refractivity contribution in [1.29, 1.82) is 0 Å². The highest BCUT2D eigenvalue weighted by atomic mass is 32.1. The zero-order valence-corrected chi connectivity index (χ0v) is 26.2. The molecule has 2 aromatic rings. The van der Waals surface area contributed by atoms with Crippen molar-refractivity contribution in [2.45, 2.75) is 91.3 Å². The Labute approximate surface area is 248 Å². The summed E-state index contributed by atoms with van der Waals surface area (Å²) in [5.41, 5.74) is 1.24. The average Bonchev–Trinajstić information content (AvgIpc) is 3.43. The molecule has 9 nitrogen and oxygen atoms in total. The number of nitrogens with one attached hydrogen (secondary N) is 1. The molecule has 2 amide bonds. The topological polar surface area (TPSA) is 115 Å². The van der Waals surface area contributed by atoms with Gasteiger partial charge in [0, 0.05) is 44.3 Å². The van der Waals surface area contributed by atoms with Crippen LogP contribution in [-0.4, -0.2) is 59.9 Å². The third kappa shape index (κ3) is 10.9. The maximum Gasteiger partial charge on any atom is 0.308 e. The number of carbonyl (C=O) groups excluding carboxylic acids is 4. The van der Waals surface area contributed by atoms with Crippen LogP contribution in [0.15, 0.2) is 35.7 Å². The molecule has 1 N–H and O–H groups in total. The van der Waals surface area contributed by atoms with Gasteiger partial charge < -0.3 is 19.7 Å². The average molecular weight is 588 g/mol. The summed E-state index contributed by atoms with van der Waals surface area (Å²) in [5.74, 6) is -1.41. The van der Waals surface area contributed by atoms with Crippen molar-refractivity contribution in [2.75, 3.05) is 14.2 Å². The molecule has 10 heteroatoms. The molecule has 1 heterocycles. The first kappa shape index (κ1) is 33.9. The summed E-state index contributed by atoms with van der Waals surface area (Å²) in [6.07, 6.45) is 2.81. The van der Waals surface area contributed by atoms with Gasteiger partial charge in [0.25, 0.3) is 5.91 Å². The van der Waals surface area contributed by atoms with Crippen molar-refractivity contribution in [3.8, 4) is 0 Å². The second-order valence-corrected chi connectivity index (χ2v) is 11.7. The Kier molecular flexibility index (Phi) is 14.0. The minimum atomic E-state index is -0.702. The normalized spacial score (nSPS) is 14.0. The number of nitrogens with zero attached hydrogens (tertiary/aromatic N) is 2. The second kappa shape index (κ2) is 16.9. The maximum atomic E-state index is 13.3. The quantitative estimate of drug-likeness (QED) is 0.263. The fourth-order valence-electron chi connectivity index (χ4n) is 4.80. The standard InChI is InChI=1S/C31H45N3O6S/c1-8-9-15-28(36)34(6)26(20(2)3)18-27(40-22(5)35)30-33-25(19-41-30)29(37)32-24(16-21(4)31(38)39-7)17-23-13-11-10-12-14-23/h10-14,19-21,24,26-27H,8-9,15-18H2,1-7H3,(H,32,37)/t21-,24+,26+,27+/m0/s1. The zero-order chi connectivity index (χ0) is 30.5. The van der Waals surface area contributed by atoms with Crippen LogP contribution in [0.2, 0.25) is 0 Å². The first-order valence-corrected chi connectivity index (χ1v) is 15.2. The van der Waals surface area contributed by atoms with E-state index in [2.05, 4.69) is 10.3 Å². The first-order valence-electron chi connectivity index (χ1n) is 14.3. The predicted octanol–water partition coefficient (Wildman–Crippen LogP) is 5.35. The van der Waals surface area contributed by atoms with Crippen molar-refractivity contribution < 1.29 is 28.7 Å². The molecule has 0 radical (unpaired) electrons. The van der Waals surface area contributed by atoms with E-state index in [1.54, 1.807) is 24.3 Å². The zero-order valence-electron chi connectivity index (χ0n) is 25.3. The van der Waals surface area contributed by atoms with Crippen molar-refractivity contribution in [1.82, 2.24) is 15.2 Å². The minimum Gasteiger partial charge on any atom is -0.469 e. The van der Waals surface area contributed by atoms with Gasteiger partial charge in [0.15, 0.2) is 6.10 Å². The van der Waals surface area contributed by atoms with Gasteiger partial charge in [-0.3, -0.25) is 19.2 Å². The Balaban J connectivity index is 2.24. The third-order valence-corrected chi connectivity index (χ3v) is 8.04. The van der Waals surface area contributed by atoms with Crippen molar-refractivity contribution in [3.63, 3.8) is 0 Å². The second-order valence-electron chi connectivity index (χ2n) is 10.8. The van der Waals surface area contributed by atoms with Crippen LogP contribution in [0.25, 0.3) is 0 Å². The van der Waals surface area contributed by atoms with Crippen LogP contribution in [0, 0.1) is 11.8 Å². The molecule has 1 aromatic carbocycles. The molecule has 1 aromatic heterocycles. The van der Waals surface area contributed by atoms with Crippen LogP contribution >= 0.6 is 11.3 Å². The lowest BCUT2D eigenvalue weighted by Crippen LogP contribution is -2.41. The number of unbranched alkanes of at least 4 members (excludes halogenated alkanes) is 1. The molecule has 0 bridgehead atoms. The van der Waals surface area contributed by atoms with Crippen molar-refractivity contribution >= 4 is 35.1 Å². The van der Waals surface area contributed by atoms with E-state index in [9.17, 15) is 19.2 Å². The number of carbonyl (C=O) groups is 4. The van der Waals surface area contributed by atoms with Crippen molar-refractivity contribution in [2.24, 2.45) is 11.8 Å². The van der Waals surface area contributed by atoms with Crippen LogP contribution in [-0.2, 0) is 30.3 Å². The highest BCUT2D eigenvalue weighted by Crippen LogP contribution is 2.30. The number of rotatable bonds is 16. The van der Waals surface area contributed by atoms with E-state index >= 15 is 0 Å². The van der Waals surface area contributed by atoms with E-state index in [-0.39, 0.29) is 41.5 Å². The Hall–Kier alpha value is -3.27. The van der Waals surface area contributed by atoms with Gasteiger partial charge in [-0.25, -0.2) is 4.98 Å². The Morgan fingerprint density at radius 2 is 1.76 bits per heavy atom. The van der Waals surface area contributed by atoms with Gasteiger partial charge in [0.2, 0.25) is 5.91 Å². The number of ether oxygens (including phenoxy) is 2. The molecule has 0 spiro atoms. The van der Waals surface area contributed by atoms with Gasteiger partial charge in [0.1, 0.15) is 10.7 Å². The third-order valence-electron chi connectivity index (χ3n) is 7.10. The lowest BCUT2D eigenvalue weighted by molar-refractivity contribution is -0.148. The van der Waals surface area contributed by atoms with Crippen LogP contribution in [0.1, 0.15) is 93.9 Å². The lowest BCUT2D eigenvalue weighted by Gasteiger charge is -2.33. The molecule has 226 valence electrons. The van der Waals surface area contributed by atoms with Gasteiger partial charge in [-0.15, -0.1) is 11.3 Å². The Bertz CT molecular complexity index is 1140. The summed E-state index contributed by atoms with van der Waals surface area (Å²) in [5, 5.41) is 5.17. The van der Waals surface area contributed by atoms with Crippen molar-refractivity contribution in [3.05, 3.63) is 52.0 Å². The van der Waals surface area contributed by atoms with Crippen LogP contribution < -0.4 is 5.32 Å². The summed E-state index contributed by atoms with van der Waals surface area (Å²) in [6.45, 7) is 9.22. The molecule has 0 fully saturated rings. The molecule has 0 saturated carbocycles. The molecule has 41 heavy (non-hydrogen) atoms. The summed E-state index contributed by atoms with van der Waals surface area (Å²) in [6, 6.07) is 9.22. The number of hydrogen-bond donors (Lipinski definition) is 1. The summed E-state index contributed by atoms with van der Waals surface area (Å²) < 4.78 is 10.5. The number of methoxy groups -OCH3 is 1. The Morgan fingerprint density at radius 3 is 2.34 bits per heavy atom. The van der Waals surface area contributed by atoms with E-state index in [1.165, 1.54) is 25.4 Å². The molecule has 2 rings (SSSR count). The van der Waals surface area contributed by atoms with Crippen LogP contribution in [0.3, 0.4) is 0 Å². The van der Waals surface area contributed by atoms with Gasteiger partial charge in [-0.05, 0) is 30.7 Å². The predicted molar refractivity (Wildman–Crippen MR) is 159 cm³/mol. The molecule has 0 aliphatic rings. The van der Waals surface area contributed by atoms with Crippen LogP contribution in [0.4, 0.5) is 0 Å². The number of esters is 2. The van der Waals surface area contributed by atoms with Crippen LogP contribution in [0.5, 0.6) is 0 Å². The summed E-state index contributed by atoms with van der Waals surface area (Å²) >= 11 is 1.24. The molecular formula is C31H45N3O6S. The Morgan fingerprint density at radius 1 is 1.07 bits per heavy atom. The SMILES string of the molecule is CCCCC(=O)N(C)[C@H](C[C@@H](OC(C)=O)c1nc(C(=O)N[C@@H](Cc2ccccc2)C[C@H](C)C(=O)OC)cs1)C(C)C. The number of hydrogen-bond acceptors (Lipinski definition) is 8. The molecular weight excluding hydrogens is 542 g/mol. The number of amides is 2. The summed E-state index contributed by atoms with van der Waals surface area (Å²) in [4.78, 5) is 56.5. The van der Waals surface area contributed by atoms with E-state index in [4.69, 9.17) is 9.47 Å². The molecule has 0 saturated heterocycles. The number of aromatic nitrogens is 1. The highest BCUT2D eigenvalue weighted by Gasteiger charge is 2.31. The van der Waals surface area contributed by atoms with E-state index < -0.39 is 18.0 Å². The first-order chi connectivity index (χ1) is 19.5. The molecule has 0 aliphatic heterocycles. The monoisotopic (exact) mass is 587 g/mol. The smallest absolute Gasteiger partial charge is 0.308 e. The lowest BCUT2D eigenvalue weighted by atomic mass is 9.96. The fraction of sp³-hybridized carbons (Fsp3) is 0.581. The van der Waals surface area contributed by atoms with E-state index in [1.807, 2.05) is 51.1 Å². The van der Waals surface area contributed by atoms with E-state index in [0.717, 1.165) is 18.4 Å². The number of benzene rings is 1. The maximum absolute atomic E-state index is 13.3. The van der Waals surface area contributed by atoms with Gasteiger partial charge in [-0.2, -0.15) is 0 Å². The minimum absolute atomic E-state index is 0.0528. The number of thiazole rings is 1. The summed E-state index contributed by atoms with van der Waals surface area (Å²) in [7, 11) is 3.14. The van der Waals surface area contributed by atoms with Gasteiger partial charge in [0.05, 0.1) is 13.0 Å². The molecule has 4 atom stereocenters. The van der Waals surface area contributed by atoms with E-state index in [0.29, 0.717) is 30.7 Å².